The average molecular weight is 465 g/mol. The van der Waals surface area contributed by atoms with Crippen molar-refractivity contribution in [2.75, 3.05) is 5.32 Å². The molecule has 0 unspecified atom stereocenters. The second-order valence-corrected chi connectivity index (χ2v) is 8.71. The van der Waals surface area contributed by atoms with E-state index in [0.717, 1.165) is 16.0 Å². The molecule has 4 rings (SSSR count). The SMILES string of the molecule is Cc1cccnc1Oc1ccc(CC(=O)Nc2nc(-c3ccc(=O)n(C)c3)c(C)s2)cc1F. The van der Waals surface area contributed by atoms with Gasteiger partial charge in [-0.15, -0.1) is 11.3 Å². The van der Waals surface area contributed by atoms with Crippen LogP contribution in [-0.2, 0) is 18.3 Å². The lowest BCUT2D eigenvalue weighted by Gasteiger charge is -2.09. The first kappa shape index (κ1) is 22.3. The van der Waals surface area contributed by atoms with E-state index in [-0.39, 0.29) is 23.6 Å². The van der Waals surface area contributed by atoms with Gasteiger partial charge in [-0.3, -0.25) is 9.59 Å². The fourth-order valence-corrected chi connectivity index (χ4v) is 4.07. The minimum absolute atomic E-state index is 0.0202. The average Bonchev–Trinajstić information content (AvgIpc) is 3.13. The highest BCUT2D eigenvalue weighted by molar-refractivity contribution is 7.16. The second-order valence-electron chi connectivity index (χ2n) is 7.51. The molecule has 3 aromatic heterocycles. The Kier molecular flexibility index (Phi) is 6.32. The predicted octanol–water partition coefficient (Wildman–Crippen LogP) is 4.63. The number of hydrogen-bond acceptors (Lipinski definition) is 6. The molecule has 0 aliphatic heterocycles. The number of anilines is 1. The van der Waals surface area contributed by atoms with Gasteiger partial charge in [0, 0.05) is 41.5 Å². The molecule has 0 saturated heterocycles. The van der Waals surface area contributed by atoms with E-state index in [9.17, 15) is 14.0 Å². The van der Waals surface area contributed by atoms with Crippen molar-refractivity contribution in [1.29, 1.82) is 0 Å². The molecule has 0 aliphatic carbocycles. The topological polar surface area (TPSA) is 86.1 Å². The highest BCUT2D eigenvalue weighted by Gasteiger charge is 2.15. The largest absolute Gasteiger partial charge is 0.436 e. The van der Waals surface area contributed by atoms with Crippen molar-refractivity contribution in [2.45, 2.75) is 20.3 Å². The summed E-state index contributed by atoms with van der Waals surface area (Å²) in [5.74, 6) is -0.523. The fraction of sp³-hybridized carbons (Fsp3) is 0.167. The quantitative estimate of drug-likeness (QED) is 0.450. The number of rotatable bonds is 6. The summed E-state index contributed by atoms with van der Waals surface area (Å²) in [6, 6.07) is 11.2. The molecule has 4 aromatic rings. The van der Waals surface area contributed by atoms with Crippen molar-refractivity contribution >= 4 is 22.4 Å². The lowest BCUT2D eigenvalue weighted by Crippen LogP contribution is -2.15. The summed E-state index contributed by atoms with van der Waals surface area (Å²) in [6.45, 7) is 3.72. The van der Waals surface area contributed by atoms with E-state index < -0.39 is 5.82 Å². The summed E-state index contributed by atoms with van der Waals surface area (Å²) >= 11 is 1.33. The standard InChI is InChI=1S/C24H21FN4O3S/c1-14-5-4-10-26-23(14)32-19-8-6-16(11-18(19)25)12-20(30)27-24-28-22(15(2)33-24)17-7-9-21(31)29(3)13-17/h4-11,13H,12H2,1-3H3,(H,27,28,30). The number of halogens is 1. The van der Waals surface area contributed by atoms with Crippen LogP contribution in [0.3, 0.4) is 0 Å². The maximum atomic E-state index is 14.5. The molecule has 33 heavy (non-hydrogen) atoms. The molecule has 0 atom stereocenters. The first-order chi connectivity index (χ1) is 15.8. The van der Waals surface area contributed by atoms with E-state index in [0.29, 0.717) is 22.3 Å². The number of aryl methyl sites for hydroxylation is 3. The number of hydrogen-bond donors (Lipinski definition) is 1. The Balaban J connectivity index is 1.44. The zero-order valence-electron chi connectivity index (χ0n) is 18.3. The number of thiazole rings is 1. The van der Waals surface area contributed by atoms with Crippen molar-refractivity contribution in [3.63, 3.8) is 0 Å². The van der Waals surface area contributed by atoms with Gasteiger partial charge in [0.15, 0.2) is 16.7 Å². The molecular weight excluding hydrogens is 443 g/mol. The Bertz CT molecular complexity index is 1400. The van der Waals surface area contributed by atoms with Gasteiger partial charge in [-0.25, -0.2) is 14.4 Å². The van der Waals surface area contributed by atoms with Crippen LogP contribution in [0, 0.1) is 19.7 Å². The molecule has 1 aromatic carbocycles. The van der Waals surface area contributed by atoms with E-state index in [1.807, 2.05) is 19.9 Å². The first-order valence-electron chi connectivity index (χ1n) is 10.1. The zero-order chi connectivity index (χ0) is 23.5. The molecule has 0 aliphatic rings. The summed E-state index contributed by atoms with van der Waals surface area (Å²) in [6.07, 6.45) is 3.26. The van der Waals surface area contributed by atoms with Crippen LogP contribution in [0.15, 0.2) is 59.7 Å². The number of aromatic nitrogens is 3. The van der Waals surface area contributed by atoms with Crippen molar-refractivity contribution in [1.82, 2.24) is 14.5 Å². The molecule has 0 radical (unpaired) electrons. The number of ether oxygens (including phenoxy) is 1. The summed E-state index contributed by atoms with van der Waals surface area (Å²) in [5, 5.41) is 3.20. The smallest absolute Gasteiger partial charge is 0.250 e. The van der Waals surface area contributed by atoms with E-state index in [4.69, 9.17) is 4.74 Å². The summed E-state index contributed by atoms with van der Waals surface area (Å²) in [4.78, 5) is 33.6. The third-order valence-corrected chi connectivity index (χ3v) is 5.82. The van der Waals surface area contributed by atoms with Gasteiger partial charge < -0.3 is 14.6 Å². The molecule has 0 bridgehead atoms. The lowest BCUT2D eigenvalue weighted by atomic mass is 10.1. The molecule has 168 valence electrons. The Morgan fingerprint density at radius 1 is 1.21 bits per heavy atom. The van der Waals surface area contributed by atoms with Gasteiger partial charge in [0.25, 0.3) is 0 Å². The zero-order valence-corrected chi connectivity index (χ0v) is 19.1. The van der Waals surface area contributed by atoms with E-state index in [1.54, 1.807) is 37.6 Å². The van der Waals surface area contributed by atoms with Gasteiger partial charge in [0.2, 0.25) is 17.3 Å². The van der Waals surface area contributed by atoms with Gasteiger partial charge >= 0.3 is 0 Å². The van der Waals surface area contributed by atoms with Crippen molar-refractivity contribution in [2.24, 2.45) is 7.05 Å². The molecule has 1 N–H and O–H groups in total. The monoisotopic (exact) mass is 464 g/mol. The van der Waals surface area contributed by atoms with Crippen LogP contribution < -0.4 is 15.6 Å². The summed E-state index contributed by atoms with van der Waals surface area (Å²) < 4.78 is 21.6. The van der Waals surface area contributed by atoms with Crippen LogP contribution in [0.2, 0.25) is 0 Å². The Morgan fingerprint density at radius 2 is 2.03 bits per heavy atom. The highest BCUT2D eigenvalue weighted by Crippen LogP contribution is 2.30. The van der Waals surface area contributed by atoms with E-state index in [1.165, 1.54) is 34.1 Å². The number of pyridine rings is 2. The number of nitrogens with zero attached hydrogens (tertiary/aromatic N) is 3. The third kappa shape index (κ3) is 5.15. The maximum absolute atomic E-state index is 14.5. The summed E-state index contributed by atoms with van der Waals surface area (Å²) in [7, 11) is 1.67. The van der Waals surface area contributed by atoms with Crippen LogP contribution in [0.4, 0.5) is 9.52 Å². The Hall–Kier alpha value is -3.85. The molecule has 9 heteroatoms. The number of nitrogens with one attached hydrogen (secondary N) is 1. The molecule has 1 amide bonds. The molecule has 7 nitrogen and oxygen atoms in total. The van der Waals surface area contributed by atoms with Crippen molar-refractivity contribution < 1.29 is 13.9 Å². The number of carbonyl (C=O) groups excluding carboxylic acids is 1. The predicted molar refractivity (Wildman–Crippen MR) is 125 cm³/mol. The van der Waals surface area contributed by atoms with E-state index >= 15 is 0 Å². The van der Waals surface area contributed by atoms with Crippen LogP contribution >= 0.6 is 11.3 Å². The van der Waals surface area contributed by atoms with Gasteiger partial charge in [-0.05, 0) is 43.7 Å². The second kappa shape index (κ2) is 9.33. The third-order valence-electron chi connectivity index (χ3n) is 4.93. The number of carbonyl (C=O) groups is 1. The summed E-state index contributed by atoms with van der Waals surface area (Å²) in [5.41, 5.74) is 2.66. The Morgan fingerprint density at radius 3 is 2.76 bits per heavy atom. The normalized spacial score (nSPS) is 10.8. The fourth-order valence-electron chi connectivity index (χ4n) is 3.22. The number of benzene rings is 1. The molecular formula is C24H21FN4O3S. The highest BCUT2D eigenvalue weighted by atomic mass is 32.1. The minimum Gasteiger partial charge on any atom is -0.436 e. The van der Waals surface area contributed by atoms with Crippen LogP contribution in [0.5, 0.6) is 11.6 Å². The number of amides is 1. The van der Waals surface area contributed by atoms with Gasteiger partial charge in [-0.2, -0.15) is 0 Å². The molecule has 0 spiro atoms. The minimum atomic E-state index is -0.576. The molecule has 0 saturated carbocycles. The van der Waals surface area contributed by atoms with Gasteiger partial charge in [0.1, 0.15) is 0 Å². The van der Waals surface area contributed by atoms with Crippen molar-refractivity contribution in [3.8, 4) is 22.9 Å². The van der Waals surface area contributed by atoms with E-state index in [2.05, 4.69) is 15.3 Å². The van der Waals surface area contributed by atoms with Crippen molar-refractivity contribution in [3.05, 3.63) is 87.0 Å². The van der Waals surface area contributed by atoms with Crippen LogP contribution in [0.25, 0.3) is 11.3 Å². The van der Waals surface area contributed by atoms with Gasteiger partial charge in [-0.1, -0.05) is 12.1 Å². The van der Waals surface area contributed by atoms with Crippen LogP contribution in [0.1, 0.15) is 16.0 Å². The Labute approximate surface area is 193 Å². The van der Waals surface area contributed by atoms with Gasteiger partial charge in [0.05, 0.1) is 12.1 Å². The molecule has 0 fully saturated rings. The molecule has 3 heterocycles. The van der Waals surface area contributed by atoms with Crippen LogP contribution in [-0.4, -0.2) is 20.4 Å². The maximum Gasteiger partial charge on any atom is 0.250 e. The first-order valence-corrected chi connectivity index (χ1v) is 10.9. The lowest BCUT2D eigenvalue weighted by molar-refractivity contribution is -0.115.